The van der Waals surface area contributed by atoms with Crippen LogP contribution >= 0.6 is 0 Å². The van der Waals surface area contributed by atoms with Crippen molar-refractivity contribution in [2.45, 2.75) is 25.8 Å². The van der Waals surface area contributed by atoms with Crippen LogP contribution in [0.3, 0.4) is 0 Å². The molecule has 0 aromatic heterocycles. The second kappa shape index (κ2) is 4.50. The molecule has 0 aromatic carbocycles. The zero-order valence-corrected chi connectivity index (χ0v) is 7.62. The summed E-state index contributed by atoms with van der Waals surface area (Å²) in [4.78, 5) is 2.05. The predicted octanol–water partition coefficient (Wildman–Crippen LogP) is -0.298. The van der Waals surface area contributed by atoms with E-state index in [9.17, 15) is 0 Å². The van der Waals surface area contributed by atoms with E-state index in [1.165, 1.54) is 0 Å². The molecule has 0 aliphatic carbocycles. The summed E-state index contributed by atoms with van der Waals surface area (Å²) >= 11 is 0. The third kappa shape index (κ3) is 2.52. The normalized spacial score (nSPS) is 19.2. The van der Waals surface area contributed by atoms with Gasteiger partial charge in [-0.3, -0.25) is 0 Å². The van der Waals surface area contributed by atoms with Crippen molar-refractivity contribution < 1.29 is 4.74 Å². The van der Waals surface area contributed by atoms with E-state index in [0.29, 0.717) is 18.4 Å². The average Bonchev–Trinajstić information content (AvgIpc) is 2.06. The van der Waals surface area contributed by atoms with Gasteiger partial charge in [0.05, 0.1) is 0 Å². The van der Waals surface area contributed by atoms with Crippen molar-refractivity contribution in [1.29, 1.82) is 0 Å². The molecule has 1 rings (SSSR count). The van der Waals surface area contributed by atoms with Gasteiger partial charge in [-0.2, -0.15) is 0 Å². The van der Waals surface area contributed by atoms with Crippen LogP contribution in [-0.2, 0) is 4.74 Å². The van der Waals surface area contributed by atoms with Crippen molar-refractivity contribution >= 4 is 13.3 Å². The van der Waals surface area contributed by atoms with Gasteiger partial charge >= 0.3 is 74.1 Å². The standard InChI is InChI=1S/C8H16BN2O/c1-2-12-8(9)11-5-3-7(10)4-6-11/h7H,2-6,10H2,1H3. The number of hydrogen-bond acceptors (Lipinski definition) is 3. The molecular weight excluding hydrogens is 151 g/mol. The van der Waals surface area contributed by atoms with E-state index in [2.05, 4.69) is 0 Å². The Kier molecular flexibility index (Phi) is 3.60. The third-order valence-corrected chi connectivity index (χ3v) is 2.14. The molecule has 1 fully saturated rings. The molecule has 1 aliphatic rings. The maximum absolute atomic E-state index is 5.75. The van der Waals surface area contributed by atoms with Gasteiger partial charge in [0, 0.05) is 0 Å². The Labute approximate surface area is 74.9 Å². The van der Waals surface area contributed by atoms with E-state index in [1.807, 2.05) is 11.8 Å². The van der Waals surface area contributed by atoms with Crippen LogP contribution in [-0.4, -0.2) is 43.9 Å². The fourth-order valence-electron chi connectivity index (χ4n) is 1.36. The molecular formula is C8H16BN2O. The molecule has 3 nitrogen and oxygen atoms in total. The number of rotatable bonds is 3. The first-order valence-electron chi connectivity index (χ1n) is 4.49. The first-order chi connectivity index (χ1) is 5.74. The van der Waals surface area contributed by atoms with Crippen molar-refractivity contribution in [3.8, 4) is 0 Å². The number of likely N-dealkylation sites (tertiary alicyclic amines) is 1. The van der Waals surface area contributed by atoms with E-state index in [-0.39, 0.29) is 0 Å². The molecule has 0 unspecified atom stereocenters. The van der Waals surface area contributed by atoms with Crippen molar-refractivity contribution in [2.75, 3.05) is 19.7 Å². The van der Waals surface area contributed by atoms with Crippen LogP contribution in [0.4, 0.5) is 0 Å². The summed E-state index contributed by atoms with van der Waals surface area (Å²) in [5.74, 6) is 0.546. The van der Waals surface area contributed by atoms with Gasteiger partial charge in [0.25, 0.3) is 0 Å². The van der Waals surface area contributed by atoms with E-state index < -0.39 is 0 Å². The number of nitrogens with two attached hydrogens (primary N) is 1. The molecule has 1 heterocycles. The Hall–Kier alpha value is -0.505. The van der Waals surface area contributed by atoms with E-state index in [0.717, 1.165) is 25.9 Å². The summed E-state index contributed by atoms with van der Waals surface area (Å²) in [5, 5.41) is 0. The Morgan fingerprint density at radius 1 is 1.58 bits per heavy atom. The first kappa shape index (κ1) is 9.58. The van der Waals surface area contributed by atoms with E-state index in [1.54, 1.807) is 0 Å². The molecule has 0 bridgehead atoms. The molecule has 0 atom stereocenters. The monoisotopic (exact) mass is 167 g/mol. The first-order valence-corrected chi connectivity index (χ1v) is 4.49. The summed E-state index contributed by atoms with van der Waals surface area (Å²) in [6.45, 7) is 4.41. The molecule has 2 N–H and O–H groups in total. The summed E-state index contributed by atoms with van der Waals surface area (Å²) in [7, 11) is 5.68. The SMILES string of the molecule is [B]=C(OCC)N1CCC(N)CC1. The second-order valence-corrected chi connectivity index (χ2v) is 3.10. The number of nitrogens with zero attached hydrogens (tertiary/aromatic N) is 1. The second-order valence-electron chi connectivity index (χ2n) is 3.10. The van der Waals surface area contributed by atoms with Gasteiger partial charge in [0.2, 0.25) is 0 Å². The van der Waals surface area contributed by atoms with Gasteiger partial charge in [-0.15, -0.1) is 0 Å². The van der Waals surface area contributed by atoms with Crippen LogP contribution in [0, 0.1) is 0 Å². The number of ether oxygens (including phenoxy) is 1. The van der Waals surface area contributed by atoms with Gasteiger partial charge in [-0.05, 0) is 0 Å². The van der Waals surface area contributed by atoms with E-state index in [4.69, 9.17) is 18.0 Å². The number of piperidine rings is 1. The minimum atomic E-state index is 0.343. The molecule has 1 aliphatic heterocycles. The number of hydrogen-bond donors (Lipinski definition) is 1. The Morgan fingerprint density at radius 3 is 2.67 bits per heavy atom. The van der Waals surface area contributed by atoms with Crippen molar-refractivity contribution in [1.82, 2.24) is 4.90 Å². The average molecular weight is 167 g/mol. The Bertz CT molecular complexity index is 155. The summed E-state index contributed by atoms with van der Waals surface area (Å²) in [6.07, 6.45) is 2.02. The van der Waals surface area contributed by atoms with Gasteiger partial charge in [0.15, 0.2) is 0 Å². The predicted molar refractivity (Wildman–Crippen MR) is 51.2 cm³/mol. The van der Waals surface area contributed by atoms with Crippen LogP contribution in [0.25, 0.3) is 0 Å². The van der Waals surface area contributed by atoms with E-state index >= 15 is 0 Å². The molecule has 1 radical (unpaired) electrons. The molecule has 4 heteroatoms. The molecule has 12 heavy (non-hydrogen) atoms. The topological polar surface area (TPSA) is 38.5 Å². The Balaban J connectivity index is 2.29. The third-order valence-electron chi connectivity index (χ3n) is 2.14. The van der Waals surface area contributed by atoms with Gasteiger partial charge in [0.1, 0.15) is 0 Å². The van der Waals surface area contributed by atoms with Crippen molar-refractivity contribution in [2.24, 2.45) is 5.73 Å². The molecule has 0 aromatic rings. The fraction of sp³-hybridized carbons (Fsp3) is 0.875. The zero-order chi connectivity index (χ0) is 8.97. The zero-order valence-electron chi connectivity index (χ0n) is 7.62. The van der Waals surface area contributed by atoms with Crippen molar-refractivity contribution in [3.63, 3.8) is 0 Å². The van der Waals surface area contributed by atoms with Gasteiger partial charge in [-0.1, -0.05) is 0 Å². The van der Waals surface area contributed by atoms with Gasteiger partial charge in [-0.25, -0.2) is 0 Å². The van der Waals surface area contributed by atoms with Gasteiger partial charge < -0.3 is 0 Å². The molecule has 0 saturated carbocycles. The van der Waals surface area contributed by atoms with Crippen LogP contribution in [0.5, 0.6) is 0 Å². The quantitative estimate of drug-likeness (QED) is 0.586. The summed E-state index contributed by atoms with van der Waals surface area (Å²) in [5.41, 5.74) is 5.75. The Morgan fingerprint density at radius 2 is 2.17 bits per heavy atom. The summed E-state index contributed by atoms with van der Waals surface area (Å²) in [6, 6.07) is 0.343. The fourth-order valence-corrected chi connectivity index (χ4v) is 1.36. The molecule has 0 spiro atoms. The molecule has 0 amide bonds. The van der Waals surface area contributed by atoms with Crippen LogP contribution in [0.2, 0.25) is 0 Å². The summed E-state index contributed by atoms with van der Waals surface area (Å²) < 4.78 is 5.20. The maximum atomic E-state index is 5.75. The van der Waals surface area contributed by atoms with Crippen molar-refractivity contribution in [3.05, 3.63) is 0 Å². The minimum absolute atomic E-state index is 0.343. The van der Waals surface area contributed by atoms with Crippen LogP contribution < -0.4 is 5.73 Å². The molecule has 67 valence electrons. The van der Waals surface area contributed by atoms with Crippen LogP contribution in [0.15, 0.2) is 0 Å². The molecule has 1 saturated heterocycles. The van der Waals surface area contributed by atoms with Crippen LogP contribution in [0.1, 0.15) is 19.8 Å².